The third-order valence-corrected chi connectivity index (χ3v) is 7.46. The van der Waals surface area contributed by atoms with Crippen molar-refractivity contribution in [2.24, 2.45) is 5.92 Å². The van der Waals surface area contributed by atoms with Crippen LogP contribution in [0.3, 0.4) is 0 Å². The van der Waals surface area contributed by atoms with E-state index in [2.05, 4.69) is 10.3 Å². The van der Waals surface area contributed by atoms with E-state index in [-0.39, 0.29) is 48.7 Å². The van der Waals surface area contributed by atoms with Gasteiger partial charge in [0.15, 0.2) is 5.60 Å². The molecule has 3 aromatic rings. The third kappa shape index (κ3) is 3.35. The number of pyridine rings is 2. The van der Waals surface area contributed by atoms with Gasteiger partial charge < -0.3 is 24.8 Å². The number of ether oxygens (including phenoxy) is 1. The van der Waals surface area contributed by atoms with Crippen molar-refractivity contribution in [1.29, 1.82) is 0 Å². The molecular weight excluding hydrogens is 469 g/mol. The number of hydrogen-bond acceptors (Lipinski definition) is 7. The van der Waals surface area contributed by atoms with Crippen LogP contribution in [0.1, 0.15) is 47.1 Å². The fourth-order valence-electron chi connectivity index (χ4n) is 5.33. The maximum absolute atomic E-state index is 14.5. The van der Waals surface area contributed by atoms with Crippen LogP contribution in [0, 0.1) is 18.7 Å². The van der Waals surface area contributed by atoms with Crippen molar-refractivity contribution in [2.45, 2.75) is 51.5 Å². The van der Waals surface area contributed by atoms with Crippen LogP contribution in [0.5, 0.6) is 0 Å². The zero-order chi connectivity index (χ0) is 25.4. The Morgan fingerprint density at radius 3 is 2.78 bits per heavy atom. The standard InChI is InChI=1S/C26H24FN3O6/c1-12-4-14-15(8-28-22(32)10-31)16-9-30-21(23(16)29-20(14)6-19(12)27)5-18-17(24(30)33)11-36-25(34)26(18,35)7-13-2-3-13/h4-6,13,31,35H,2-3,7-11H2,1H3,(H,28,32)/t26-/m0/s1. The molecule has 0 spiro atoms. The Kier molecular flexibility index (Phi) is 5.03. The van der Waals surface area contributed by atoms with Gasteiger partial charge in [-0.15, -0.1) is 0 Å². The Bertz CT molecular complexity index is 1540. The lowest BCUT2D eigenvalue weighted by Gasteiger charge is -2.32. The first-order valence-electron chi connectivity index (χ1n) is 11.9. The van der Waals surface area contributed by atoms with Crippen LogP contribution in [-0.4, -0.2) is 38.2 Å². The van der Waals surface area contributed by atoms with Gasteiger partial charge in [-0.1, -0.05) is 12.8 Å². The predicted octanol–water partition coefficient (Wildman–Crippen LogP) is 1.53. The second kappa shape index (κ2) is 7.94. The van der Waals surface area contributed by atoms with Gasteiger partial charge in [0.25, 0.3) is 5.56 Å². The monoisotopic (exact) mass is 493 g/mol. The molecule has 0 radical (unpaired) electrons. The van der Waals surface area contributed by atoms with Crippen molar-refractivity contribution in [3.05, 3.63) is 62.2 Å². The van der Waals surface area contributed by atoms with Gasteiger partial charge in [0.2, 0.25) is 5.91 Å². The molecule has 1 atom stereocenters. The molecule has 3 aliphatic rings. The van der Waals surface area contributed by atoms with Gasteiger partial charge >= 0.3 is 5.97 Å². The summed E-state index contributed by atoms with van der Waals surface area (Å²) in [7, 11) is 0. The number of aryl methyl sites for hydroxylation is 1. The molecule has 186 valence electrons. The van der Waals surface area contributed by atoms with Crippen molar-refractivity contribution in [3.8, 4) is 11.4 Å². The van der Waals surface area contributed by atoms with Crippen LogP contribution in [0.4, 0.5) is 4.39 Å². The number of hydrogen-bond donors (Lipinski definition) is 3. The van der Waals surface area contributed by atoms with Crippen molar-refractivity contribution in [2.75, 3.05) is 6.61 Å². The Balaban J connectivity index is 1.57. The lowest BCUT2D eigenvalue weighted by Crippen LogP contribution is -2.45. The summed E-state index contributed by atoms with van der Waals surface area (Å²) < 4.78 is 21.2. The van der Waals surface area contributed by atoms with Crippen molar-refractivity contribution in [3.63, 3.8) is 0 Å². The Labute approximate surface area is 204 Å². The highest BCUT2D eigenvalue weighted by atomic mass is 19.1. The maximum Gasteiger partial charge on any atom is 0.343 e. The molecule has 36 heavy (non-hydrogen) atoms. The number of aliphatic hydroxyl groups is 2. The van der Waals surface area contributed by atoms with Gasteiger partial charge in [-0.05, 0) is 42.5 Å². The quantitative estimate of drug-likeness (QED) is 0.360. The molecular formula is C26H24FN3O6. The van der Waals surface area contributed by atoms with E-state index in [4.69, 9.17) is 9.84 Å². The lowest BCUT2D eigenvalue weighted by molar-refractivity contribution is -0.173. The summed E-state index contributed by atoms with van der Waals surface area (Å²) in [5.41, 5.74) is 1.08. The summed E-state index contributed by atoms with van der Waals surface area (Å²) in [4.78, 5) is 42.7. The number of carbonyl (C=O) groups excluding carboxylic acids is 2. The number of carbonyl (C=O) groups is 2. The zero-order valence-corrected chi connectivity index (χ0v) is 19.6. The van der Waals surface area contributed by atoms with Gasteiger partial charge in [-0.25, -0.2) is 14.2 Å². The maximum atomic E-state index is 14.5. The van der Waals surface area contributed by atoms with Crippen molar-refractivity contribution in [1.82, 2.24) is 14.9 Å². The van der Waals surface area contributed by atoms with Crippen LogP contribution < -0.4 is 10.9 Å². The lowest BCUT2D eigenvalue weighted by atomic mass is 9.84. The Hall–Kier alpha value is -3.63. The Morgan fingerprint density at radius 2 is 2.06 bits per heavy atom. The fourth-order valence-corrected chi connectivity index (χ4v) is 5.33. The molecule has 0 saturated heterocycles. The SMILES string of the molecule is Cc1cc2c(CNC(=O)CO)c3c(nc2cc1F)-c1cc2c(c(=O)n1C3)COC(=O)[C@]2(O)CC1CC1. The van der Waals surface area contributed by atoms with E-state index >= 15 is 0 Å². The minimum absolute atomic E-state index is 0.0431. The highest BCUT2D eigenvalue weighted by Gasteiger charge is 2.49. The number of cyclic esters (lactones) is 1. The first-order valence-corrected chi connectivity index (χ1v) is 11.9. The third-order valence-electron chi connectivity index (χ3n) is 7.46. The van der Waals surface area contributed by atoms with E-state index in [0.717, 1.165) is 12.8 Å². The highest BCUT2D eigenvalue weighted by Crippen LogP contribution is 2.45. The van der Waals surface area contributed by atoms with E-state index in [1.54, 1.807) is 19.1 Å². The van der Waals surface area contributed by atoms with E-state index in [9.17, 15) is 23.9 Å². The average molecular weight is 493 g/mol. The molecule has 3 N–H and O–H groups in total. The number of nitrogens with one attached hydrogen (secondary N) is 1. The molecule has 4 heterocycles. The van der Waals surface area contributed by atoms with Crippen molar-refractivity contribution < 1.29 is 28.9 Å². The van der Waals surface area contributed by atoms with Crippen LogP contribution >= 0.6 is 0 Å². The number of aromatic nitrogens is 2. The van der Waals surface area contributed by atoms with Gasteiger partial charge in [0, 0.05) is 29.1 Å². The molecule has 1 saturated carbocycles. The molecule has 9 nitrogen and oxygen atoms in total. The van der Waals surface area contributed by atoms with Crippen LogP contribution in [-0.2, 0) is 39.6 Å². The molecule has 6 rings (SSSR count). The Morgan fingerprint density at radius 1 is 1.28 bits per heavy atom. The van der Waals surface area contributed by atoms with Gasteiger partial charge in [0.1, 0.15) is 19.0 Å². The topological polar surface area (TPSA) is 131 Å². The smallest absolute Gasteiger partial charge is 0.343 e. The molecule has 10 heteroatoms. The normalized spacial score (nSPS) is 20.1. The molecule has 1 fully saturated rings. The summed E-state index contributed by atoms with van der Waals surface area (Å²) in [5.74, 6) is -1.59. The number of amides is 1. The van der Waals surface area contributed by atoms with Crippen LogP contribution in [0.15, 0.2) is 23.0 Å². The number of benzene rings is 1. The first kappa shape index (κ1) is 22.8. The first-order chi connectivity index (χ1) is 17.2. The van der Waals surface area contributed by atoms with E-state index in [1.807, 2.05) is 0 Å². The minimum atomic E-state index is -1.91. The second-order valence-electron chi connectivity index (χ2n) is 9.87. The highest BCUT2D eigenvalue weighted by molar-refractivity contribution is 5.90. The summed E-state index contributed by atoms with van der Waals surface area (Å²) in [6.07, 6.45) is 1.99. The molecule has 2 aliphatic heterocycles. The molecule has 1 amide bonds. The van der Waals surface area contributed by atoms with E-state index < -0.39 is 29.9 Å². The summed E-state index contributed by atoms with van der Waals surface area (Å²) in [6, 6.07) is 4.59. The van der Waals surface area contributed by atoms with Gasteiger partial charge in [-0.2, -0.15) is 0 Å². The molecule has 2 aromatic heterocycles. The van der Waals surface area contributed by atoms with Gasteiger partial charge in [-0.3, -0.25) is 9.59 Å². The van der Waals surface area contributed by atoms with Crippen LogP contribution in [0.25, 0.3) is 22.3 Å². The molecule has 0 unspecified atom stereocenters. The number of rotatable bonds is 5. The van der Waals surface area contributed by atoms with Crippen molar-refractivity contribution >= 4 is 22.8 Å². The summed E-state index contributed by atoms with van der Waals surface area (Å²) in [5, 5.41) is 23.8. The van der Waals surface area contributed by atoms with E-state index in [1.165, 1.54) is 10.6 Å². The second-order valence-corrected chi connectivity index (χ2v) is 9.87. The largest absolute Gasteiger partial charge is 0.458 e. The molecule has 1 aromatic carbocycles. The molecule has 0 bridgehead atoms. The number of fused-ring (bicyclic) bond motifs is 5. The fraction of sp³-hybridized carbons (Fsp3) is 0.385. The number of aliphatic hydroxyl groups excluding tert-OH is 1. The molecule has 1 aliphatic carbocycles. The minimum Gasteiger partial charge on any atom is -0.458 e. The average Bonchev–Trinajstić information content (AvgIpc) is 3.59. The summed E-state index contributed by atoms with van der Waals surface area (Å²) in [6.45, 7) is 0.911. The number of esters is 1. The van der Waals surface area contributed by atoms with Gasteiger partial charge in [0.05, 0.1) is 29.0 Å². The number of nitrogens with zero attached hydrogens (tertiary/aromatic N) is 2. The van der Waals surface area contributed by atoms with Crippen LogP contribution in [0.2, 0.25) is 0 Å². The predicted molar refractivity (Wildman–Crippen MR) is 125 cm³/mol. The number of halogens is 1. The zero-order valence-electron chi connectivity index (χ0n) is 19.6. The van der Waals surface area contributed by atoms with E-state index in [0.29, 0.717) is 39.0 Å². The summed E-state index contributed by atoms with van der Waals surface area (Å²) >= 11 is 0.